The number of rotatable bonds is 6. The molecule has 0 fully saturated rings. The minimum atomic E-state index is -0.0664. The lowest BCUT2D eigenvalue weighted by Crippen LogP contribution is -2.58. The summed E-state index contributed by atoms with van der Waals surface area (Å²) in [5.74, 6) is 4.09. The van der Waals surface area contributed by atoms with E-state index in [1.54, 1.807) is 0 Å². The molecule has 0 spiro atoms. The maximum Gasteiger partial charge on any atom is 0.262 e. The average molecular weight is 765 g/mol. The molecule has 0 amide bonds. The summed E-state index contributed by atoms with van der Waals surface area (Å²) < 4.78 is 14.3. The Labute approximate surface area is 346 Å². The number of unbranched alkanes of at least 4 members (excludes halogenated alkanes) is 1. The third-order valence-corrected chi connectivity index (χ3v) is 14.5. The molecule has 0 radical (unpaired) electrons. The number of benzene rings is 5. The maximum absolute atomic E-state index is 7.20. The quantitative estimate of drug-likeness (QED) is 0.158. The molecule has 4 nitrogen and oxygen atoms in total. The monoisotopic (exact) mass is 764 g/mol. The van der Waals surface area contributed by atoms with Crippen molar-refractivity contribution in [3.63, 3.8) is 0 Å². The van der Waals surface area contributed by atoms with Gasteiger partial charge in [-0.1, -0.05) is 123 Å². The molecule has 2 aliphatic heterocycles. The standard InChI is InChI=1S/C53H57BN2O2/c1-10-11-14-33-17-20-36(21-18-33)56(37-22-19-34-15-12-13-16-35(34)27-37)47-32-46-48-49(55-47)58-45-31-41-39(51(4,5)24-26-53(41,8)9)29-43(45)54(48)42-28-38-40(30-44(42)57-46)52(6,7)25-23-50(38,2)3/h12-13,15-22,27-32H,10-11,14,23-26H2,1-9H3. The topological polar surface area (TPSA) is 34.6 Å². The zero-order valence-corrected chi connectivity index (χ0v) is 36.0. The highest BCUT2D eigenvalue weighted by Crippen LogP contribution is 2.50. The molecule has 10 rings (SSSR count). The van der Waals surface area contributed by atoms with Gasteiger partial charge in [0.15, 0.2) is 0 Å². The number of nitrogens with zero attached hydrogens (tertiary/aromatic N) is 2. The minimum Gasteiger partial charge on any atom is -0.458 e. The van der Waals surface area contributed by atoms with Gasteiger partial charge in [-0.25, -0.2) is 0 Å². The average Bonchev–Trinajstić information content (AvgIpc) is 3.20. The van der Waals surface area contributed by atoms with Gasteiger partial charge < -0.3 is 9.47 Å². The molecule has 0 saturated carbocycles. The number of pyridine rings is 1. The lowest BCUT2D eigenvalue weighted by atomic mass is 9.34. The molecular formula is C53H57BN2O2. The molecule has 5 heteroatoms. The molecule has 3 heterocycles. The van der Waals surface area contributed by atoms with Crippen LogP contribution in [0.25, 0.3) is 10.8 Å². The summed E-state index contributed by atoms with van der Waals surface area (Å²) in [6, 6.07) is 36.2. The van der Waals surface area contributed by atoms with E-state index in [1.807, 2.05) is 0 Å². The van der Waals surface area contributed by atoms with Crippen molar-refractivity contribution >= 4 is 51.1 Å². The zero-order valence-electron chi connectivity index (χ0n) is 36.0. The Balaban J connectivity index is 1.21. The van der Waals surface area contributed by atoms with Crippen LogP contribution in [0.15, 0.2) is 97.1 Å². The van der Waals surface area contributed by atoms with Crippen LogP contribution in [0, 0.1) is 0 Å². The van der Waals surface area contributed by atoms with E-state index in [-0.39, 0.29) is 28.4 Å². The number of aromatic nitrogens is 1. The van der Waals surface area contributed by atoms with Crippen LogP contribution in [0.2, 0.25) is 0 Å². The van der Waals surface area contributed by atoms with Crippen molar-refractivity contribution in [1.29, 1.82) is 0 Å². The summed E-state index contributed by atoms with van der Waals surface area (Å²) in [4.78, 5) is 7.80. The molecular weight excluding hydrogens is 707 g/mol. The Kier molecular flexibility index (Phi) is 8.34. The first-order valence-corrected chi connectivity index (χ1v) is 21.8. The van der Waals surface area contributed by atoms with Gasteiger partial charge in [0, 0.05) is 22.9 Å². The number of aryl methyl sites for hydroxylation is 1. The summed E-state index contributed by atoms with van der Waals surface area (Å²) in [5, 5.41) is 2.39. The first-order valence-electron chi connectivity index (χ1n) is 21.8. The van der Waals surface area contributed by atoms with E-state index in [0.29, 0.717) is 5.88 Å². The number of hydrogen-bond acceptors (Lipinski definition) is 4. The van der Waals surface area contributed by atoms with Crippen molar-refractivity contribution in [3.8, 4) is 23.1 Å². The van der Waals surface area contributed by atoms with Crippen LogP contribution in [-0.2, 0) is 28.1 Å². The lowest BCUT2D eigenvalue weighted by molar-refractivity contribution is 0.330. The summed E-state index contributed by atoms with van der Waals surface area (Å²) in [6.45, 7) is 21.5. The van der Waals surface area contributed by atoms with Crippen molar-refractivity contribution in [1.82, 2.24) is 4.98 Å². The molecule has 2 aliphatic carbocycles. The highest BCUT2D eigenvalue weighted by molar-refractivity contribution is 6.98. The van der Waals surface area contributed by atoms with Crippen molar-refractivity contribution in [2.45, 2.75) is 129 Å². The number of hydrogen-bond donors (Lipinski definition) is 0. The molecule has 1 aromatic heterocycles. The predicted octanol–water partition coefficient (Wildman–Crippen LogP) is 12.5. The molecule has 6 aromatic rings. The van der Waals surface area contributed by atoms with E-state index in [4.69, 9.17) is 14.5 Å². The molecule has 0 saturated heterocycles. The second-order valence-electron chi connectivity index (χ2n) is 20.4. The highest BCUT2D eigenvalue weighted by atomic mass is 16.5. The summed E-state index contributed by atoms with van der Waals surface area (Å²) in [6.07, 6.45) is 8.04. The molecule has 294 valence electrons. The summed E-state index contributed by atoms with van der Waals surface area (Å²) in [7, 11) is 0. The van der Waals surface area contributed by atoms with E-state index in [9.17, 15) is 0 Å². The van der Waals surface area contributed by atoms with Crippen molar-refractivity contribution in [2.75, 3.05) is 4.90 Å². The number of fused-ring (bicyclic) bond motifs is 7. The molecule has 0 bridgehead atoms. The highest BCUT2D eigenvalue weighted by Gasteiger charge is 2.47. The fourth-order valence-corrected chi connectivity index (χ4v) is 10.5. The van der Waals surface area contributed by atoms with Gasteiger partial charge in [0.2, 0.25) is 5.88 Å². The first-order chi connectivity index (χ1) is 27.6. The Morgan fingerprint density at radius 1 is 0.569 bits per heavy atom. The smallest absolute Gasteiger partial charge is 0.262 e. The van der Waals surface area contributed by atoms with Crippen molar-refractivity contribution in [3.05, 3.63) is 125 Å². The van der Waals surface area contributed by atoms with Gasteiger partial charge in [-0.15, -0.1) is 0 Å². The van der Waals surface area contributed by atoms with Crippen LogP contribution in [0.3, 0.4) is 0 Å². The molecule has 58 heavy (non-hydrogen) atoms. The SMILES string of the molecule is CCCCc1ccc(N(c2ccc3ccccc3c2)c2cc3c4c(n2)Oc2cc5c(cc2B4c2cc4c(cc2O3)C(C)(C)CCC4(C)C)C(C)(C)CCC5(C)C)cc1. The van der Waals surface area contributed by atoms with Crippen LogP contribution in [0.4, 0.5) is 17.2 Å². The fraction of sp³-hybridized carbons (Fsp3) is 0.377. The minimum absolute atomic E-state index is 0.0440. The Morgan fingerprint density at radius 3 is 1.69 bits per heavy atom. The fourth-order valence-electron chi connectivity index (χ4n) is 10.5. The van der Waals surface area contributed by atoms with Gasteiger partial charge in [0.1, 0.15) is 23.1 Å². The molecule has 5 aromatic carbocycles. The molecule has 0 unspecified atom stereocenters. The Bertz CT molecular complexity index is 2520. The molecule has 0 atom stereocenters. The van der Waals surface area contributed by atoms with Gasteiger partial charge in [0.25, 0.3) is 6.71 Å². The molecule has 0 N–H and O–H groups in total. The van der Waals surface area contributed by atoms with Gasteiger partial charge in [0.05, 0.1) is 0 Å². The van der Waals surface area contributed by atoms with Gasteiger partial charge in [-0.3, -0.25) is 4.90 Å². The van der Waals surface area contributed by atoms with E-state index < -0.39 is 0 Å². The lowest BCUT2D eigenvalue weighted by Gasteiger charge is -2.44. The summed E-state index contributed by atoms with van der Waals surface area (Å²) >= 11 is 0. The van der Waals surface area contributed by atoms with E-state index in [1.165, 1.54) is 62.4 Å². The first kappa shape index (κ1) is 37.3. The number of anilines is 3. The second kappa shape index (κ2) is 13.0. The van der Waals surface area contributed by atoms with E-state index >= 15 is 0 Å². The van der Waals surface area contributed by atoms with E-state index in [2.05, 4.69) is 164 Å². The van der Waals surface area contributed by atoms with Gasteiger partial charge >= 0.3 is 0 Å². The maximum atomic E-state index is 7.20. The van der Waals surface area contributed by atoms with Gasteiger partial charge in [-0.05, 0) is 146 Å². The van der Waals surface area contributed by atoms with E-state index in [0.717, 1.165) is 72.0 Å². The predicted molar refractivity (Wildman–Crippen MR) is 243 cm³/mol. The van der Waals surface area contributed by atoms with Gasteiger partial charge in [-0.2, -0.15) is 4.98 Å². The van der Waals surface area contributed by atoms with Crippen LogP contribution < -0.4 is 30.8 Å². The van der Waals surface area contributed by atoms with Crippen molar-refractivity contribution in [2.24, 2.45) is 0 Å². The normalized spacial score (nSPS) is 18.5. The van der Waals surface area contributed by atoms with Crippen LogP contribution >= 0.6 is 0 Å². The third-order valence-electron chi connectivity index (χ3n) is 14.5. The largest absolute Gasteiger partial charge is 0.458 e. The van der Waals surface area contributed by atoms with Crippen LogP contribution in [-0.4, -0.2) is 11.7 Å². The third kappa shape index (κ3) is 5.89. The van der Waals surface area contributed by atoms with Crippen LogP contribution in [0.5, 0.6) is 23.1 Å². The van der Waals surface area contributed by atoms with Crippen LogP contribution in [0.1, 0.15) is 129 Å². The van der Waals surface area contributed by atoms with Crippen molar-refractivity contribution < 1.29 is 9.47 Å². The molecule has 4 aliphatic rings. The summed E-state index contributed by atoms with van der Waals surface area (Å²) in [5.41, 5.74) is 12.8. The zero-order chi connectivity index (χ0) is 40.4. The number of ether oxygens (including phenoxy) is 2. The second-order valence-corrected chi connectivity index (χ2v) is 20.4. The Hall–Kier alpha value is -5.03. The Morgan fingerprint density at radius 2 is 1.10 bits per heavy atom.